The molecule has 0 heterocycles. The molecule has 2 aliphatic carbocycles. The van der Waals surface area contributed by atoms with Crippen LogP contribution in [0.2, 0.25) is 0 Å². The third kappa shape index (κ3) is 1.41. The molecule has 2 unspecified atom stereocenters. The van der Waals surface area contributed by atoms with E-state index in [1.54, 1.807) is 0 Å². The number of fused-ring (bicyclic) bond motifs is 2. The van der Waals surface area contributed by atoms with Crippen molar-refractivity contribution < 1.29 is 4.79 Å². The summed E-state index contributed by atoms with van der Waals surface area (Å²) in [6, 6.07) is 0. The number of hydrogen-bond donors (Lipinski definition) is 0. The number of aldehydes is 1. The van der Waals surface area contributed by atoms with Gasteiger partial charge < -0.3 is 4.79 Å². The quantitative estimate of drug-likeness (QED) is 0.547. The van der Waals surface area contributed by atoms with Gasteiger partial charge in [0.05, 0.1) is 0 Å². The highest BCUT2D eigenvalue weighted by Gasteiger charge is 2.37. The summed E-state index contributed by atoms with van der Waals surface area (Å²) in [6.07, 6.45) is 11.5. The lowest BCUT2D eigenvalue weighted by atomic mass is 9.69. The van der Waals surface area contributed by atoms with Crippen LogP contribution in [-0.4, -0.2) is 6.29 Å². The van der Waals surface area contributed by atoms with E-state index in [-0.39, 0.29) is 5.41 Å². The van der Waals surface area contributed by atoms with Gasteiger partial charge in [0.1, 0.15) is 6.29 Å². The predicted molar refractivity (Wildman–Crippen MR) is 48.9 cm³/mol. The zero-order valence-corrected chi connectivity index (χ0v) is 7.72. The molecule has 0 aromatic carbocycles. The standard InChI is InChI=1S/C11H18O/c12-9-11-6-2-1-4-10(8-11)5-3-7-11/h9-10H,1-8H2. The molecule has 2 rings (SSSR count). The number of rotatable bonds is 1. The Labute approximate surface area is 74.5 Å². The minimum absolute atomic E-state index is 0.124. The first-order valence-corrected chi connectivity index (χ1v) is 5.31. The summed E-state index contributed by atoms with van der Waals surface area (Å²) in [5.74, 6) is 0.881. The molecular weight excluding hydrogens is 148 g/mol. The van der Waals surface area contributed by atoms with Crippen molar-refractivity contribution in [2.75, 3.05) is 0 Å². The Morgan fingerprint density at radius 1 is 1.08 bits per heavy atom. The van der Waals surface area contributed by atoms with Gasteiger partial charge in [-0.25, -0.2) is 0 Å². The fraction of sp³-hybridized carbons (Fsp3) is 0.909. The summed E-state index contributed by atoms with van der Waals surface area (Å²) in [4.78, 5) is 11.0. The minimum Gasteiger partial charge on any atom is -0.303 e. The van der Waals surface area contributed by atoms with Gasteiger partial charge in [-0.05, 0) is 25.2 Å². The van der Waals surface area contributed by atoms with Crippen LogP contribution < -0.4 is 0 Å². The van der Waals surface area contributed by atoms with Gasteiger partial charge >= 0.3 is 0 Å². The van der Waals surface area contributed by atoms with Crippen LogP contribution in [-0.2, 0) is 4.79 Å². The molecule has 1 heteroatoms. The Hall–Kier alpha value is -0.330. The molecule has 12 heavy (non-hydrogen) atoms. The second-order valence-corrected chi connectivity index (χ2v) is 4.69. The third-order valence-corrected chi connectivity index (χ3v) is 3.77. The van der Waals surface area contributed by atoms with Crippen LogP contribution in [0.4, 0.5) is 0 Å². The van der Waals surface area contributed by atoms with E-state index in [2.05, 4.69) is 0 Å². The summed E-state index contributed by atoms with van der Waals surface area (Å²) < 4.78 is 0. The van der Waals surface area contributed by atoms with E-state index in [0.29, 0.717) is 0 Å². The number of hydrogen-bond acceptors (Lipinski definition) is 1. The highest BCUT2D eigenvalue weighted by Crippen LogP contribution is 2.45. The van der Waals surface area contributed by atoms with E-state index in [4.69, 9.17) is 0 Å². The highest BCUT2D eigenvalue weighted by atomic mass is 16.1. The zero-order chi connectivity index (χ0) is 8.44. The van der Waals surface area contributed by atoms with Crippen molar-refractivity contribution in [2.24, 2.45) is 11.3 Å². The van der Waals surface area contributed by atoms with Crippen molar-refractivity contribution in [1.82, 2.24) is 0 Å². The lowest BCUT2D eigenvalue weighted by molar-refractivity contribution is -0.118. The summed E-state index contributed by atoms with van der Waals surface area (Å²) >= 11 is 0. The zero-order valence-electron chi connectivity index (χ0n) is 7.72. The molecule has 0 saturated heterocycles. The van der Waals surface area contributed by atoms with Crippen LogP contribution in [0.15, 0.2) is 0 Å². The van der Waals surface area contributed by atoms with Crippen LogP contribution in [0.5, 0.6) is 0 Å². The molecule has 0 spiro atoms. The first-order valence-electron chi connectivity index (χ1n) is 5.31. The van der Waals surface area contributed by atoms with Crippen molar-refractivity contribution in [3.05, 3.63) is 0 Å². The van der Waals surface area contributed by atoms with Gasteiger partial charge in [0.15, 0.2) is 0 Å². The van der Waals surface area contributed by atoms with Crippen LogP contribution in [0, 0.1) is 11.3 Å². The Kier molecular flexibility index (Phi) is 2.20. The van der Waals surface area contributed by atoms with Crippen molar-refractivity contribution in [1.29, 1.82) is 0 Å². The van der Waals surface area contributed by atoms with Crippen molar-refractivity contribution in [3.8, 4) is 0 Å². The molecule has 2 aliphatic rings. The molecule has 0 aromatic rings. The first kappa shape index (κ1) is 8.28. The Morgan fingerprint density at radius 2 is 1.83 bits per heavy atom. The number of carbonyl (C=O) groups excluding carboxylic acids is 1. The fourth-order valence-corrected chi connectivity index (χ4v) is 3.07. The first-order chi connectivity index (χ1) is 5.85. The molecule has 1 nitrogen and oxygen atoms in total. The smallest absolute Gasteiger partial charge is 0.126 e. The van der Waals surface area contributed by atoms with Gasteiger partial charge in [0, 0.05) is 5.41 Å². The van der Waals surface area contributed by atoms with E-state index in [0.717, 1.165) is 5.92 Å². The van der Waals surface area contributed by atoms with Crippen LogP contribution in [0.3, 0.4) is 0 Å². The monoisotopic (exact) mass is 166 g/mol. The molecule has 2 atom stereocenters. The summed E-state index contributed by atoms with van der Waals surface area (Å²) in [6.45, 7) is 0. The fourth-order valence-electron chi connectivity index (χ4n) is 3.07. The largest absolute Gasteiger partial charge is 0.303 e. The Balaban J connectivity index is 2.13. The SMILES string of the molecule is O=CC12CCCCC(CCC1)C2. The van der Waals surface area contributed by atoms with Gasteiger partial charge in [-0.1, -0.05) is 32.1 Å². The number of carbonyl (C=O) groups is 1. The van der Waals surface area contributed by atoms with Gasteiger partial charge in [-0.3, -0.25) is 0 Å². The molecule has 0 aromatic heterocycles. The molecule has 2 saturated carbocycles. The van der Waals surface area contributed by atoms with Crippen LogP contribution in [0.1, 0.15) is 51.4 Å². The van der Waals surface area contributed by atoms with Crippen LogP contribution >= 0.6 is 0 Å². The van der Waals surface area contributed by atoms with Crippen LogP contribution in [0.25, 0.3) is 0 Å². The molecule has 0 amide bonds. The maximum Gasteiger partial charge on any atom is 0.126 e. The normalized spacial score (nSPS) is 41.8. The van der Waals surface area contributed by atoms with Gasteiger partial charge in [0.25, 0.3) is 0 Å². The second-order valence-electron chi connectivity index (χ2n) is 4.69. The molecule has 0 aliphatic heterocycles. The van der Waals surface area contributed by atoms with Gasteiger partial charge in [-0.15, -0.1) is 0 Å². The van der Waals surface area contributed by atoms with E-state index in [9.17, 15) is 4.79 Å². The Bertz CT molecular complexity index is 176. The maximum atomic E-state index is 11.0. The van der Waals surface area contributed by atoms with Gasteiger partial charge in [0.2, 0.25) is 0 Å². The molecule has 2 bridgehead atoms. The lowest BCUT2D eigenvalue weighted by Gasteiger charge is -2.34. The maximum absolute atomic E-state index is 11.0. The molecular formula is C11H18O. The van der Waals surface area contributed by atoms with E-state index >= 15 is 0 Å². The average molecular weight is 166 g/mol. The second kappa shape index (κ2) is 3.20. The lowest BCUT2D eigenvalue weighted by Crippen LogP contribution is -2.28. The summed E-state index contributed by atoms with van der Waals surface area (Å²) in [5.41, 5.74) is 0.124. The van der Waals surface area contributed by atoms with E-state index < -0.39 is 0 Å². The highest BCUT2D eigenvalue weighted by molar-refractivity contribution is 5.59. The Morgan fingerprint density at radius 3 is 2.67 bits per heavy atom. The van der Waals surface area contributed by atoms with Gasteiger partial charge in [-0.2, -0.15) is 0 Å². The average Bonchev–Trinajstić information content (AvgIpc) is 2.26. The van der Waals surface area contributed by atoms with Crippen molar-refractivity contribution >= 4 is 6.29 Å². The van der Waals surface area contributed by atoms with E-state index in [1.807, 2.05) is 0 Å². The van der Waals surface area contributed by atoms with Crippen molar-refractivity contribution in [2.45, 2.75) is 51.4 Å². The summed E-state index contributed by atoms with van der Waals surface area (Å²) in [5, 5.41) is 0. The minimum atomic E-state index is 0.124. The molecule has 68 valence electrons. The molecule has 0 N–H and O–H groups in total. The summed E-state index contributed by atoms with van der Waals surface area (Å²) in [7, 11) is 0. The van der Waals surface area contributed by atoms with E-state index in [1.165, 1.54) is 57.7 Å². The topological polar surface area (TPSA) is 17.1 Å². The predicted octanol–water partition coefficient (Wildman–Crippen LogP) is 2.94. The van der Waals surface area contributed by atoms with Crippen molar-refractivity contribution in [3.63, 3.8) is 0 Å². The third-order valence-electron chi connectivity index (χ3n) is 3.77. The molecule has 0 radical (unpaired) electrons. The molecule has 2 fully saturated rings.